The van der Waals surface area contributed by atoms with E-state index in [2.05, 4.69) is 43.5 Å². The maximum absolute atomic E-state index is 2.36. The van der Waals surface area contributed by atoms with Crippen molar-refractivity contribution in [2.24, 2.45) is 0 Å². The second kappa shape index (κ2) is 7.28. The summed E-state index contributed by atoms with van der Waals surface area (Å²) < 4.78 is 0. The number of hydrogen-bond donors (Lipinski definition) is 0. The molecule has 0 aliphatic heterocycles. The molecule has 0 amide bonds. The van der Waals surface area contributed by atoms with Crippen molar-refractivity contribution in [2.75, 3.05) is 12.0 Å². The lowest BCUT2D eigenvalue weighted by atomic mass is 10.2. The smallest absolute Gasteiger partial charge is 0.132 e. The summed E-state index contributed by atoms with van der Waals surface area (Å²) in [5.41, 5.74) is 1.48. The Morgan fingerprint density at radius 2 is 1.77 bits per heavy atom. The molecule has 1 atom stereocenters. The molecule has 13 heavy (non-hydrogen) atoms. The second-order valence-corrected chi connectivity index (χ2v) is 5.38. The van der Waals surface area contributed by atoms with Gasteiger partial charge >= 0.3 is 0 Å². The van der Waals surface area contributed by atoms with Gasteiger partial charge in [-0.1, -0.05) is 37.3 Å². The Kier molecular flexibility index (Phi) is 7.20. The van der Waals surface area contributed by atoms with Crippen molar-refractivity contribution < 1.29 is 12.4 Å². The van der Waals surface area contributed by atoms with Gasteiger partial charge in [-0.3, -0.25) is 0 Å². The molecular weight excluding hydrogens is 200 g/mol. The van der Waals surface area contributed by atoms with Gasteiger partial charge in [0, 0.05) is 5.56 Å². The molecule has 0 fully saturated rings. The Hall–Kier alpha value is -0.140. The van der Waals surface area contributed by atoms with Crippen molar-refractivity contribution in [2.45, 2.75) is 19.1 Å². The van der Waals surface area contributed by atoms with Gasteiger partial charge in [-0.25, -0.2) is 0 Å². The fourth-order valence-electron chi connectivity index (χ4n) is 1.28. The van der Waals surface area contributed by atoms with E-state index >= 15 is 0 Å². The Morgan fingerprint density at radius 3 is 2.31 bits per heavy atom. The van der Waals surface area contributed by atoms with E-state index < -0.39 is 0 Å². The zero-order valence-electron chi connectivity index (χ0n) is 8.29. The average molecular weight is 217 g/mol. The minimum absolute atomic E-state index is 0. The fraction of sp³-hybridized carbons (Fsp3) is 0.455. The highest BCUT2D eigenvalue weighted by Gasteiger charge is 2.09. The molecule has 1 aromatic rings. The van der Waals surface area contributed by atoms with Crippen LogP contribution in [0.5, 0.6) is 0 Å². The lowest BCUT2D eigenvalue weighted by molar-refractivity contribution is -0.00000265. The van der Waals surface area contributed by atoms with Crippen LogP contribution >= 0.6 is 0 Å². The molecule has 0 spiro atoms. The molecule has 0 bridgehead atoms. The van der Waals surface area contributed by atoms with Crippen LogP contribution in [0.3, 0.4) is 0 Å². The molecule has 0 N–H and O–H groups in total. The van der Waals surface area contributed by atoms with Gasteiger partial charge < -0.3 is 12.4 Å². The largest absolute Gasteiger partial charge is 1.00 e. The van der Waals surface area contributed by atoms with Gasteiger partial charge in [-0.15, -0.1) is 0 Å². The minimum atomic E-state index is 0. The van der Waals surface area contributed by atoms with Gasteiger partial charge in [0.25, 0.3) is 0 Å². The number of halogens is 1. The van der Waals surface area contributed by atoms with Gasteiger partial charge in [-0.05, 0) is 17.3 Å². The van der Waals surface area contributed by atoms with Gasteiger partial charge in [0.2, 0.25) is 0 Å². The van der Waals surface area contributed by atoms with E-state index in [1.807, 2.05) is 0 Å². The van der Waals surface area contributed by atoms with Crippen LogP contribution in [0, 0.1) is 0 Å². The standard InChI is InChI=1S/C11H17S.ClH/c1-3-9-12(2)10-11-7-5-4-6-8-11;/h4-8H,3,9-10H2,1-2H3;1H/q+1;/p-1. The first-order valence-electron chi connectivity index (χ1n) is 4.46. The third kappa shape index (κ3) is 5.22. The molecular formula is C11H17ClS. The molecule has 0 heterocycles. The summed E-state index contributed by atoms with van der Waals surface area (Å²) in [7, 11) is 0.579. The maximum atomic E-state index is 2.36. The quantitative estimate of drug-likeness (QED) is 0.615. The molecule has 74 valence electrons. The van der Waals surface area contributed by atoms with Crippen LogP contribution < -0.4 is 12.4 Å². The first-order valence-corrected chi connectivity index (χ1v) is 6.43. The highest BCUT2D eigenvalue weighted by atomic mass is 35.5. The van der Waals surface area contributed by atoms with Crippen molar-refractivity contribution in [3.05, 3.63) is 35.9 Å². The van der Waals surface area contributed by atoms with E-state index in [9.17, 15) is 0 Å². The van der Waals surface area contributed by atoms with Gasteiger partial charge in [0.15, 0.2) is 0 Å². The minimum Gasteiger partial charge on any atom is -1.00 e. The lowest BCUT2D eigenvalue weighted by Gasteiger charge is -2.01. The van der Waals surface area contributed by atoms with Gasteiger partial charge in [0.1, 0.15) is 11.5 Å². The zero-order chi connectivity index (χ0) is 8.81. The van der Waals surface area contributed by atoms with Crippen LogP contribution in [0.15, 0.2) is 30.3 Å². The summed E-state index contributed by atoms with van der Waals surface area (Å²) in [4.78, 5) is 0. The number of benzene rings is 1. The van der Waals surface area contributed by atoms with Crippen molar-refractivity contribution >= 4 is 10.9 Å². The predicted molar refractivity (Wildman–Crippen MR) is 58.6 cm³/mol. The van der Waals surface area contributed by atoms with Crippen LogP contribution in [-0.4, -0.2) is 12.0 Å². The first kappa shape index (κ1) is 12.9. The van der Waals surface area contributed by atoms with Crippen LogP contribution in [-0.2, 0) is 16.6 Å². The SMILES string of the molecule is CCC[S+](C)Cc1ccccc1.[Cl-]. The lowest BCUT2D eigenvalue weighted by Crippen LogP contribution is -3.00. The van der Waals surface area contributed by atoms with E-state index in [4.69, 9.17) is 0 Å². The number of hydrogen-bond acceptors (Lipinski definition) is 0. The molecule has 0 aromatic heterocycles. The summed E-state index contributed by atoms with van der Waals surface area (Å²) in [6, 6.07) is 10.8. The van der Waals surface area contributed by atoms with Crippen molar-refractivity contribution in [3.63, 3.8) is 0 Å². The zero-order valence-corrected chi connectivity index (χ0v) is 9.87. The van der Waals surface area contributed by atoms with E-state index in [0.717, 1.165) is 0 Å². The van der Waals surface area contributed by atoms with Crippen LogP contribution in [0.2, 0.25) is 0 Å². The van der Waals surface area contributed by atoms with E-state index in [1.54, 1.807) is 0 Å². The Balaban J connectivity index is 0.00000144. The molecule has 1 rings (SSSR count). The molecule has 0 nitrogen and oxygen atoms in total. The molecule has 1 aromatic carbocycles. The maximum Gasteiger partial charge on any atom is 0.132 e. The second-order valence-electron chi connectivity index (χ2n) is 3.12. The normalized spacial score (nSPS) is 11.8. The van der Waals surface area contributed by atoms with E-state index in [1.165, 1.54) is 23.5 Å². The van der Waals surface area contributed by atoms with E-state index in [0.29, 0.717) is 10.9 Å². The highest BCUT2D eigenvalue weighted by molar-refractivity contribution is 7.95. The van der Waals surface area contributed by atoms with Gasteiger partial charge in [-0.2, -0.15) is 0 Å². The van der Waals surface area contributed by atoms with Crippen LogP contribution in [0.25, 0.3) is 0 Å². The van der Waals surface area contributed by atoms with Crippen LogP contribution in [0.4, 0.5) is 0 Å². The molecule has 2 heteroatoms. The Labute approximate surface area is 90.5 Å². The molecule has 0 aliphatic rings. The Morgan fingerprint density at radius 1 is 1.15 bits per heavy atom. The molecule has 0 aliphatic carbocycles. The van der Waals surface area contributed by atoms with Crippen molar-refractivity contribution in [3.8, 4) is 0 Å². The first-order chi connectivity index (χ1) is 5.83. The topological polar surface area (TPSA) is 0 Å². The highest BCUT2D eigenvalue weighted by Crippen LogP contribution is 2.06. The monoisotopic (exact) mass is 216 g/mol. The van der Waals surface area contributed by atoms with Crippen molar-refractivity contribution in [1.82, 2.24) is 0 Å². The summed E-state index contributed by atoms with van der Waals surface area (Å²) in [6.07, 6.45) is 3.67. The third-order valence-corrected chi connectivity index (χ3v) is 3.74. The summed E-state index contributed by atoms with van der Waals surface area (Å²) in [5.74, 6) is 2.63. The molecule has 1 unspecified atom stereocenters. The Bertz CT molecular complexity index is 211. The van der Waals surface area contributed by atoms with Crippen LogP contribution in [0.1, 0.15) is 18.9 Å². The third-order valence-electron chi connectivity index (χ3n) is 1.81. The average Bonchev–Trinajstić information content (AvgIpc) is 2.06. The molecule has 0 saturated carbocycles. The van der Waals surface area contributed by atoms with Gasteiger partial charge in [0.05, 0.1) is 6.26 Å². The summed E-state index contributed by atoms with van der Waals surface area (Å²) in [6.45, 7) is 2.26. The number of rotatable bonds is 4. The molecule has 0 radical (unpaired) electrons. The van der Waals surface area contributed by atoms with Crippen molar-refractivity contribution in [1.29, 1.82) is 0 Å². The summed E-state index contributed by atoms with van der Waals surface area (Å²) >= 11 is 0. The fourth-order valence-corrected chi connectivity index (χ4v) is 2.88. The molecule has 0 saturated heterocycles. The van der Waals surface area contributed by atoms with E-state index in [-0.39, 0.29) is 12.4 Å². The summed E-state index contributed by atoms with van der Waals surface area (Å²) in [5, 5.41) is 0. The predicted octanol–water partition coefficient (Wildman–Crippen LogP) is -0.151.